The van der Waals surface area contributed by atoms with E-state index in [2.05, 4.69) is 41.5 Å². The molecule has 0 aliphatic rings. The van der Waals surface area contributed by atoms with E-state index in [0.29, 0.717) is 5.41 Å². The molecule has 0 rings (SSSR count). The summed E-state index contributed by atoms with van der Waals surface area (Å²) < 4.78 is 0. The molecule has 0 aromatic rings. The number of rotatable bonds is 6. The minimum atomic E-state index is 0.520. The van der Waals surface area contributed by atoms with E-state index in [-0.39, 0.29) is 0 Å². The molecule has 0 amide bonds. The van der Waals surface area contributed by atoms with Crippen LogP contribution in [0.1, 0.15) is 73.6 Å². The van der Waals surface area contributed by atoms with Crippen LogP contribution < -0.4 is 0 Å². The summed E-state index contributed by atoms with van der Waals surface area (Å²) in [6.07, 6.45) is 7.02. The first-order valence-electron chi connectivity index (χ1n) is 6.31. The first-order valence-corrected chi connectivity index (χ1v) is 6.31. The molecule has 0 fully saturated rings. The zero-order valence-electron chi connectivity index (χ0n) is 11.2. The lowest BCUT2D eigenvalue weighted by atomic mass is 9.85. The molecule has 0 aliphatic heterocycles. The van der Waals surface area contributed by atoms with Gasteiger partial charge in [-0.3, -0.25) is 0 Å². The summed E-state index contributed by atoms with van der Waals surface area (Å²) in [7, 11) is 0. The van der Waals surface area contributed by atoms with E-state index in [1.807, 2.05) is 0 Å². The van der Waals surface area contributed by atoms with Gasteiger partial charge in [0.05, 0.1) is 0 Å². The first kappa shape index (κ1) is 14.0. The third kappa shape index (κ3) is 10.1. The summed E-state index contributed by atoms with van der Waals surface area (Å²) in [5.74, 6) is 1.80. The van der Waals surface area contributed by atoms with Gasteiger partial charge in [-0.2, -0.15) is 0 Å². The van der Waals surface area contributed by atoms with Crippen LogP contribution in [-0.2, 0) is 0 Å². The van der Waals surface area contributed by atoms with Gasteiger partial charge in [-0.1, -0.05) is 67.2 Å². The SMILES string of the molecule is CC(C)CCC[C@H](C)CCC(C)(C)C. The van der Waals surface area contributed by atoms with E-state index in [9.17, 15) is 0 Å². The molecule has 14 heavy (non-hydrogen) atoms. The van der Waals surface area contributed by atoms with Crippen LogP contribution in [0.5, 0.6) is 0 Å². The van der Waals surface area contributed by atoms with Gasteiger partial charge < -0.3 is 0 Å². The molecule has 0 saturated carbocycles. The molecule has 0 bridgehead atoms. The Bertz CT molecular complexity index is 127. The van der Waals surface area contributed by atoms with Crippen molar-refractivity contribution in [3.63, 3.8) is 0 Å². The Labute approximate surface area is 91.5 Å². The first-order chi connectivity index (χ1) is 6.31. The zero-order valence-corrected chi connectivity index (χ0v) is 11.2. The van der Waals surface area contributed by atoms with Crippen molar-refractivity contribution in [1.29, 1.82) is 0 Å². The maximum Gasteiger partial charge on any atom is -0.0383 e. The van der Waals surface area contributed by atoms with Crippen molar-refractivity contribution in [2.75, 3.05) is 0 Å². The van der Waals surface area contributed by atoms with Gasteiger partial charge in [0.15, 0.2) is 0 Å². The van der Waals surface area contributed by atoms with Gasteiger partial charge in [0.2, 0.25) is 0 Å². The average Bonchev–Trinajstić information content (AvgIpc) is 1.99. The van der Waals surface area contributed by atoms with Gasteiger partial charge in [-0.15, -0.1) is 0 Å². The molecule has 0 N–H and O–H groups in total. The standard InChI is InChI=1S/C14H30/c1-12(2)8-7-9-13(3)10-11-14(4,5)6/h12-13H,7-11H2,1-6H3/t13-/m0/s1. The molecule has 0 unspecified atom stereocenters. The highest BCUT2D eigenvalue weighted by molar-refractivity contribution is 4.64. The summed E-state index contributed by atoms with van der Waals surface area (Å²) in [6, 6.07) is 0. The highest BCUT2D eigenvalue weighted by atomic mass is 14.2. The van der Waals surface area contributed by atoms with Crippen LogP contribution in [0.4, 0.5) is 0 Å². The summed E-state index contributed by atoms with van der Waals surface area (Å²) >= 11 is 0. The molecule has 0 aliphatic carbocycles. The Balaban J connectivity index is 3.42. The summed E-state index contributed by atoms with van der Waals surface area (Å²) in [6.45, 7) is 14.1. The lowest BCUT2D eigenvalue weighted by Gasteiger charge is -2.21. The van der Waals surface area contributed by atoms with E-state index in [1.54, 1.807) is 0 Å². The van der Waals surface area contributed by atoms with Crippen LogP contribution in [0.3, 0.4) is 0 Å². The molecule has 0 spiro atoms. The van der Waals surface area contributed by atoms with Crippen LogP contribution in [0, 0.1) is 17.3 Å². The Morgan fingerprint density at radius 2 is 1.43 bits per heavy atom. The Morgan fingerprint density at radius 1 is 0.857 bits per heavy atom. The van der Waals surface area contributed by atoms with Gasteiger partial charge in [0.25, 0.3) is 0 Å². The molecular weight excluding hydrogens is 168 g/mol. The summed E-state index contributed by atoms with van der Waals surface area (Å²) in [5, 5.41) is 0. The largest absolute Gasteiger partial charge is 0.0628 e. The van der Waals surface area contributed by atoms with E-state index in [1.165, 1.54) is 32.1 Å². The maximum atomic E-state index is 2.41. The van der Waals surface area contributed by atoms with E-state index >= 15 is 0 Å². The normalized spacial score (nSPS) is 14.8. The smallest absolute Gasteiger partial charge is 0.0383 e. The molecular formula is C14H30. The molecule has 0 aromatic carbocycles. The number of hydrogen-bond acceptors (Lipinski definition) is 0. The second kappa shape index (κ2) is 6.48. The third-order valence-electron chi connectivity index (χ3n) is 2.87. The molecule has 86 valence electrons. The van der Waals surface area contributed by atoms with Crippen LogP contribution >= 0.6 is 0 Å². The monoisotopic (exact) mass is 198 g/mol. The van der Waals surface area contributed by atoms with Crippen LogP contribution in [0.15, 0.2) is 0 Å². The predicted molar refractivity (Wildman–Crippen MR) is 66.5 cm³/mol. The van der Waals surface area contributed by atoms with E-state index in [0.717, 1.165) is 11.8 Å². The Hall–Kier alpha value is 0. The topological polar surface area (TPSA) is 0 Å². The van der Waals surface area contributed by atoms with Gasteiger partial charge >= 0.3 is 0 Å². The fourth-order valence-electron chi connectivity index (χ4n) is 1.70. The van der Waals surface area contributed by atoms with E-state index in [4.69, 9.17) is 0 Å². The van der Waals surface area contributed by atoms with Crippen molar-refractivity contribution in [1.82, 2.24) is 0 Å². The zero-order chi connectivity index (χ0) is 11.2. The number of hydrogen-bond donors (Lipinski definition) is 0. The Morgan fingerprint density at radius 3 is 1.86 bits per heavy atom. The molecule has 0 aromatic heterocycles. The third-order valence-corrected chi connectivity index (χ3v) is 2.87. The van der Waals surface area contributed by atoms with Crippen LogP contribution in [0.25, 0.3) is 0 Å². The molecule has 1 atom stereocenters. The fraction of sp³-hybridized carbons (Fsp3) is 1.00. The fourth-order valence-corrected chi connectivity index (χ4v) is 1.70. The lowest BCUT2D eigenvalue weighted by molar-refractivity contribution is 0.317. The minimum Gasteiger partial charge on any atom is -0.0628 e. The highest BCUT2D eigenvalue weighted by Gasteiger charge is 2.12. The quantitative estimate of drug-likeness (QED) is 0.545. The van der Waals surface area contributed by atoms with Crippen molar-refractivity contribution in [2.24, 2.45) is 17.3 Å². The second-order valence-corrected chi connectivity index (χ2v) is 6.53. The van der Waals surface area contributed by atoms with Gasteiger partial charge in [0, 0.05) is 0 Å². The molecule has 0 heterocycles. The average molecular weight is 198 g/mol. The van der Waals surface area contributed by atoms with Crippen molar-refractivity contribution in [2.45, 2.75) is 73.6 Å². The maximum absolute atomic E-state index is 2.41. The van der Waals surface area contributed by atoms with Gasteiger partial charge in [-0.05, 0) is 23.7 Å². The second-order valence-electron chi connectivity index (χ2n) is 6.53. The van der Waals surface area contributed by atoms with Gasteiger partial charge in [0.1, 0.15) is 0 Å². The van der Waals surface area contributed by atoms with Crippen molar-refractivity contribution < 1.29 is 0 Å². The van der Waals surface area contributed by atoms with Crippen molar-refractivity contribution in [3.05, 3.63) is 0 Å². The molecule has 0 radical (unpaired) electrons. The van der Waals surface area contributed by atoms with Crippen LogP contribution in [-0.4, -0.2) is 0 Å². The predicted octanol–water partition coefficient (Wildman–Crippen LogP) is 5.28. The van der Waals surface area contributed by atoms with Crippen molar-refractivity contribution in [3.8, 4) is 0 Å². The van der Waals surface area contributed by atoms with E-state index < -0.39 is 0 Å². The Kier molecular flexibility index (Phi) is 6.48. The molecule has 0 heteroatoms. The lowest BCUT2D eigenvalue weighted by Crippen LogP contribution is -2.07. The van der Waals surface area contributed by atoms with Crippen molar-refractivity contribution >= 4 is 0 Å². The van der Waals surface area contributed by atoms with Gasteiger partial charge in [-0.25, -0.2) is 0 Å². The molecule has 0 saturated heterocycles. The molecule has 0 nitrogen and oxygen atoms in total. The minimum absolute atomic E-state index is 0.520. The summed E-state index contributed by atoms with van der Waals surface area (Å²) in [5.41, 5.74) is 0.520. The van der Waals surface area contributed by atoms with Crippen LogP contribution in [0.2, 0.25) is 0 Å². The highest BCUT2D eigenvalue weighted by Crippen LogP contribution is 2.25. The summed E-state index contributed by atoms with van der Waals surface area (Å²) in [4.78, 5) is 0.